The van der Waals surface area contributed by atoms with E-state index in [4.69, 9.17) is 15.6 Å². The molecule has 3 saturated heterocycles. The molecule has 11 heteroatoms. The van der Waals surface area contributed by atoms with E-state index in [-0.39, 0.29) is 6.04 Å². The summed E-state index contributed by atoms with van der Waals surface area (Å²) in [5, 5.41) is 15.1. The molecule has 0 bridgehead atoms. The van der Waals surface area contributed by atoms with Gasteiger partial charge in [-0.25, -0.2) is 19.4 Å². The molecule has 2 aromatic heterocycles. The molecule has 11 nitrogen and oxygen atoms in total. The molecule has 0 saturated carbocycles. The van der Waals surface area contributed by atoms with Gasteiger partial charge >= 0.3 is 6.09 Å². The number of anilines is 1. The molecule has 0 aliphatic carbocycles. The van der Waals surface area contributed by atoms with Crippen LogP contribution in [0.15, 0.2) is 60.9 Å². The maximum Gasteiger partial charge on any atom is 0.407 e. The van der Waals surface area contributed by atoms with Crippen LogP contribution >= 0.6 is 0 Å². The third kappa shape index (κ3) is 5.74. The van der Waals surface area contributed by atoms with Crippen LogP contribution in [0.2, 0.25) is 0 Å². The predicted octanol–water partition coefficient (Wildman–Crippen LogP) is 4.58. The zero-order valence-corrected chi connectivity index (χ0v) is 24.3. The number of fused-ring (bicyclic) bond motifs is 1. The maximum atomic E-state index is 11.2. The van der Waals surface area contributed by atoms with Gasteiger partial charge in [0.1, 0.15) is 29.3 Å². The molecule has 3 fully saturated rings. The molecule has 4 aromatic rings. The van der Waals surface area contributed by atoms with E-state index in [0.717, 1.165) is 92.2 Å². The molecule has 2 aromatic carbocycles. The summed E-state index contributed by atoms with van der Waals surface area (Å²) >= 11 is 0. The number of rotatable bonds is 7. The highest BCUT2D eigenvalue weighted by Gasteiger charge is 2.36. The normalized spacial score (nSPS) is 19.5. The first kappa shape index (κ1) is 27.6. The first-order valence-corrected chi connectivity index (χ1v) is 15.3. The van der Waals surface area contributed by atoms with Gasteiger partial charge in [0.25, 0.3) is 0 Å². The van der Waals surface area contributed by atoms with Crippen molar-refractivity contribution in [1.29, 1.82) is 0 Å². The van der Waals surface area contributed by atoms with Crippen molar-refractivity contribution in [2.75, 3.05) is 51.5 Å². The first-order valence-electron chi connectivity index (χ1n) is 15.3. The number of piperidine rings is 2. The fourth-order valence-electron chi connectivity index (χ4n) is 6.85. The number of ether oxygens (including phenoxy) is 1. The zero-order valence-electron chi connectivity index (χ0n) is 24.3. The third-order valence-corrected chi connectivity index (χ3v) is 9.33. The third-order valence-electron chi connectivity index (χ3n) is 9.33. The molecule has 1 amide bonds. The predicted molar refractivity (Wildman–Crippen MR) is 164 cm³/mol. The summed E-state index contributed by atoms with van der Waals surface area (Å²) in [4.78, 5) is 26.8. The minimum Gasteiger partial charge on any atom is -0.465 e. The molecule has 43 heavy (non-hydrogen) atoms. The Hall–Kier alpha value is -4.22. The molecular formula is C32H38N8O3. The average Bonchev–Trinajstić information content (AvgIpc) is 3.41. The van der Waals surface area contributed by atoms with Gasteiger partial charge in [0, 0.05) is 57.4 Å². The van der Waals surface area contributed by atoms with Crippen molar-refractivity contribution in [3.05, 3.63) is 60.9 Å². The molecule has 7 rings (SSSR count). The van der Waals surface area contributed by atoms with E-state index in [1.54, 1.807) is 4.90 Å². The van der Waals surface area contributed by atoms with Crippen LogP contribution in [0.3, 0.4) is 0 Å². The highest BCUT2D eigenvalue weighted by atomic mass is 16.5. The van der Waals surface area contributed by atoms with Gasteiger partial charge in [-0.2, -0.15) is 5.10 Å². The van der Waals surface area contributed by atoms with Crippen molar-refractivity contribution in [3.8, 4) is 22.8 Å². The quantitative estimate of drug-likeness (QED) is 0.322. The number of carboxylic acid groups (broad SMARTS) is 1. The van der Waals surface area contributed by atoms with Gasteiger partial charge in [-0.1, -0.05) is 18.2 Å². The van der Waals surface area contributed by atoms with Crippen LogP contribution in [0.25, 0.3) is 22.3 Å². The topological polar surface area (TPSA) is 126 Å². The summed E-state index contributed by atoms with van der Waals surface area (Å²) in [6.45, 7) is 6.69. The summed E-state index contributed by atoms with van der Waals surface area (Å²) in [6.07, 6.45) is 4.70. The Morgan fingerprint density at radius 2 is 1.58 bits per heavy atom. The summed E-state index contributed by atoms with van der Waals surface area (Å²) in [6, 6.07) is 18.5. The number of nitrogens with zero attached hydrogens (tertiary/aromatic N) is 7. The van der Waals surface area contributed by atoms with Gasteiger partial charge in [0.15, 0.2) is 5.65 Å². The SMILES string of the molecule is Nc1ncnc2c1c(-c1ccc(Oc3ccccc3)cc1)nn2C1CCN(C2CN(CC3CCN(C(=O)O)CC3)C2)CC1. The minimum atomic E-state index is -0.788. The summed E-state index contributed by atoms with van der Waals surface area (Å²) < 4.78 is 8.05. The Morgan fingerprint density at radius 1 is 0.884 bits per heavy atom. The highest BCUT2D eigenvalue weighted by molar-refractivity contribution is 5.98. The largest absolute Gasteiger partial charge is 0.465 e. The molecular weight excluding hydrogens is 544 g/mol. The van der Waals surface area contributed by atoms with Crippen molar-refractivity contribution < 1.29 is 14.6 Å². The number of hydrogen-bond acceptors (Lipinski definition) is 8. The lowest BCUT2D eigenvalue weighted by atomic mass is 9.93. The Labute approximate surface area is 250 Å². The highest BCUT2D eigenvalue weighted by Crippen LogP contribution is 2.36. The second kappa shape index (κ2) is 11.8. The molecule has 0 spiro atoms. The lowest BCUT2D eigenvalue weighted by Crippen LogP contribution is -2.61. The molecule has 224 valence electrons. The van der Waals surface area contributed by atoms with Gasteiger partial charge in [-0.3, -0.25) is 9.80 Å². The fraction of sp³-hybridized carbons (Fsp3) is 0.438. The Morgan fingerprint density at radius 3 is 2.28 bits per heavy atom. The zero-order chi connectivity index (χ0) is 29.3. The van der Waals surface area contributed by atoms with E-state index in [1.807, 2.05) is 54.6 Å². The van der Waals surface area contributed by atoms with Crippen LogP contribution in [-0.4, -0.2) is 97.5 Å². The number of aromatic nitrogens is 4. The average molecular weight is 583 g/mol. The Bertz CT molecular complexity index is 1560. The number of para-hydroxylation sites is 1. The molecule has 5 heterocycles. The number of carbonyl (C=O) groups is 1. The van der Waals surface area contributed by atoms with Crippen LogP contribution in [0.1, 0.15) is 31.7 Å². The van der Waals surface area contributed by atoms with Crippen molar-refractivity contribution in [2.45, 2.75) is 37.8 Å². The second-order valence-corrected chi connectivity index (χ2v) is 12.0. The van der Waals surface area contributed by atoms with Crippen molar-refractivity contribution in [1.82, 2.24) is 34.4 Å². The number of hydrogen-bond donors (Lipinski definition) is 2. The fourth-order valence-corrected chi connectivity index (χ4v) is 6.85. The van der Waals surface area contributed by atoms with Gasteiger partial charge in [0.2, 0.25) is 0 Å². The van der Waals surface area contributed by atoms with E-state index in [0.29, 0.717) is 30.9 Å². The Kier molecular flexibility index (Phi) is 7.58. The van der Waals surface area contributed by atoms with Crippen LogP contribution < -0.4 is 10.5 Å². The number of nitrogen functional groups attached to an aromatic ring is 1. The van der Waals surface area contributed by atoms with E-state index in [9.17, 15) is 9.90 Å². The molecule has 0 atom stereocenters. The Balaban J connectivity index is 0.980. The van der Waals surface area contributed by atoms with Crippen LogP contribution in [0.5, 0.6) is 11.5 Å². The number of benzene rings is 2. The molecule has 0 radical (unpaired) electrons. The summed E-state index contributed by atoms with van der Waals surface area (Å²) in [5.41, 5.74) is 8.92. The standard InChI is InChI=1S/C32H38N8O3/c33-30-28-29(23-6-8-27(9-7-23)43-26-4-2-1-3-5-26)36-40(31(28)35-21-34-30)24-12-16-38(17-13-24)25-19-37(20-25)18-22-10-14-39(15-11-22)32(41)42/h1-9,21-22,24-25H,10-20H2,(H,41,42)(H2,33,34,35). The second-order valence-electron chi connectivity index (χ2n) is 12.0. The van der Waals surface area contributed by atoms with E-state index < -0.39 is 6.09 Å². The monoisotopic (exact) mass is 582 g/mol. The number of nitrogens with two attached hydrogens (primary N) is 1. The maximum absolute atomic E-state index is 11.2. The van der Waals surface area contributed by atoms with Crippen LogP contribution in [0, 0.1) is 5.92 Å². The van der Waals surface area contributed by atoms with Crippen molar-refractivity contribution in [3.63, 3.8) is 0 Å². The minimum absolute atomic E-state index is 0.248. The smallest absolute Gasteiger partial charge is 0.407 e. The molecule has 3 aliphatic rings. The van der Waals surface area contributed by atoms with E-state index in [2.05, 4.69) is 24.4 Å². The first-order chi connectivity index (χ1) is 21.0. The lowest BCUT2D eigenvalue weighted by Gasteiger charge is -2.49. The van der Waals surface area contributed by atoms with E-state index in [1.165, 1.54) is 6.33 Å². The number of likely N-dealkylation sites (tertiary alicyclic amines) is 3. The van der Waals surface area contributed by atoms with Crippen LogP contribution in [-0.2, 0) is 0 Å². The van der Waals surface area contributed by atoms with Gasteiger partial charge in [-0.05, 0) is 68.0 Å². The van der Waals surface area contributed by atoms with Crippen molar-refractivity contribution >= 4 is 22.9 Å². The molecule has 3 aliphatic heterocycles. The number of amides is 1. The van der Waals surface area contributed by atoms with Crippen molar-refractivity contribution in [2.24, 2.45) is 5.92 Å². The summed E-state index contributed by atoms with van der Waals surface area (Å²) in [5.74, 6) is 2.60. The van der Waals surface area contributed by atoms with Gasteiger partial charge < -0.3 is 20.5 Å². The van der Waals surface area contributed by atoms with Crippen LogP contribution in [0.4, 0.5) is 10.6 Å². The van der Waals surface area contributed by atoms with Gasteiger partial charge in [-0.15, -0.1) is 0 Å². The lowest BCUT2D eigenvalue weighted by molar-refractivity contribution is 0.00169. The molecule has 0 unspecified atom stereocenters. The van der Waals surface area contributed by atoms with E-state index >= 15 is 0 Å². The van der Waals surface area contributed by atoms with Gasteiger partial charge in [0.05, 0.1) is 11.4 Å². The summed E-state index contributed by atoms with van der Waals surface area (Å²) in [7, 11) is 0. The molecule has 3 N–H and O–H groups in total.